The molecule has 1 heterocycles. The lowest BCUT2D eigenvalue weighted by molar-refractivity contribution is 1.04. The second kappa shape index (κ2) is 5.65. The van der Waals surface area contributed by atoms with E-state index in [1.807, 2.05) is 67.3 Å². The Balaban J connectivity index is 2.48. The van der Waals surface area contributed by atoms with Crippen LogP contribution in [-0.4, -0.2) is 0 Å². The van der Waals surface area contributed by atoms with Crippen molar-refractivity contribution in [1.29, 1.82) is 10.5 Å². The fourth-order valence-corrected chi connectivity index (χ4v) is 2.32. The van der Waals surface area contributed by atoms with E-state index in [1.54, 1.807) is 0 Å². The molecule has 0 saturated carbocycles. The van der Waals surface area contributed by atoms with E-state index in [2.05, 4.69) is 0 Å². The maximum Gasteiger partial charge on any atom is 0.137 e. The summed E-state index contributed by atoms with van der Waals surface area (Å²) in [5, 5.41) is 18.6. The maximum absolute atomic E-state index is 8.95. The van der Waals surface area contributed by atoms with E-state index in [1.165, 1.54) is 0 Å². The Morgan fingerprint density at radius 1 is 1.00 bits per heavy atom. The lowest BCUT2D eigenvalue weighted by Gasteiger charge is -2.29. The van der Waals surface area contributed by atoms with Crippen LogP contribution in [0.5, 0.6) is 0 Å². The normalized spacial score (nSPS) is 14.1. The molecule has 0 aliphatic carbocycles. The van der Waals surface area contributed by atoms with Crippen LogP contribution in [0.1, 0.15) is 13.8 Å². The Kier molecular flexibility index (Phi) is 3.94. The summed E-state index contributed by atoms with van der Waals surface area (Å²) in [6, 6.07) is 11.4. The van der Waals surface area contributed by atoms with Gasteiger partial charge in [-0.05, 0) is 50.3 Å². The van der Waals surface area contributed by atoms with E-state index in [0.29, 0.717) is 10.6 Å². The number of nitrogens with zero attached hydrogens (tertiary/aromatic N) is 3. The van der Waals surface area contributed by atoms with Gasteiger partial charge in [0.15, 0.2) is 0 Å². The van der Waals surface area contributed by atoms with Gasteiger partial charge in [-0.2, -0.15) is 10.5 Å². The Bertz CT molecular complexity index is 672. The van der Waals surface area contributed by atoms with Crippen molar-refractivity contribution < 1.29 is 0 Å². The Hall–Kier alpha value is -2.49. The molecule has 1 aromatic rings. The molecular formula is C16H12ClN3. The maximum atomic E-state index is 8.95. The van der Waals surface area contributed by atoms with Crippen LogP contribution in [0.15, 0.2) is 59.0 Å². The van der Waals surface area contributed by atoms with Gasteiger partial charge in [-0.3, -0.25) is 0 Å². The molecule has 0 bridgehead atoms. The van der Waals surface area contributed by atoms with Crippen molar-refractivity contribution in [2.45, 2.75) is 13.8 Å². The zero-order valence-electron chi connectivity index (χ0n) is 11.2. The summed E-state index contributed by atoms with van der Waals surface area (Å²) < 4.78 is 0. The first-order valence-corrected chi connectivity index (χ1v) is 6.41. The molecule has 1 aliphatic heterocycles. The lowest BCUT2D eigenvalue weighted by Crippen LogP contribution is -2.21. The van der Waals surface area contributed by atoms with Gasteiger partial charge in [-0.15, -0.1) is 0 Å². The molecule has 1 aromatic carbocycles. The minimum absolute atomic E-state index is 0.124. The van der Waals surface area contributed by atoms with Gasteiger partial charge in [-0.25, -0.2) is 0 Å². The molecule has 1 aliphatic rings. The van der Waals surface area contributed by atoms with Crippen LogP contribution in [0.4, 0.5) is 5.69 Å². The van der Waals surface area contributed by atoms with Crippen molar-refractivity contribution in [1.82, 2.24) is 0 Å². The summed E-state index contributed by atoms with van der Waals surface area (Å²) in [7, 11) is 0. The van der Waals surface area contributed by atoms with Crippen molar-refractivity contribution in [3.8, 4) is 12.1 Å². The monoisotopic (exact) mass is 281 g/mol. The van der Waals surface area contributed by atoms with Crippen LogP contribution in [0, 0.1) is 22.7 Å². The summed E-state index contributed by atoms with van der Waals surface area (Å²) in [6.07, 6.45) is 3.67. The molecule has 20 heavy (non-hydrogen) atoms. The van der Waals surface area contributed by atoms with E-state index >= 15 is 0 Å². The number of allylic oxidation sites excluding steroid dienone is 6. The molecule has 0 radical (unpaired) electrons. The van der Waals surface area contributed by atoms with Gasteiger partial charge in [0.2, 0.25) is 0 Å². The molecule has 0 unspecified atom stereocenters. The van der Waals surface area contributed by atoms with E-state index in [0.717, 1.165) is 17.1 Å². The second-order valence-electron chi connectivity index (χ2n) is 4.44. The summed E-state index contributed by atoms with van der Waals surface area (Å²) in [5.41, 5.74) is 3.66. The van der Waals surface area contributed by atoms with Crippen molar-refractivity contribution in [2.75, 3.05) is 4.90 Å². The molecule has 0 amide bonds. The number of rotatable bonds is 1. The molecule has 0 spiro atoms. The first kappa shape index (κ1) is 13.9. The number of nitriles is 2. The summed E-state index contributed by atoms with van der Waals surface area (Å²) in [4.78, 5) is 2.05. The molecule has 98 valence electrons. The topological polar surface area (TPSA) is 50.8 Å². The number of hydrogen-bond donors (Lipinski definition) is 0. The summed E-state index contributed by atoms with van der Waals surface area (Å²) in [6.45, 7) is 3.88. The molecule has 0 aromatic heterocycles. The molecule has 4 heteroatoms. The summed E-state index contributed by atoms with van der Waals surface area (Å²) >= 11 is 5.90. The van der Waals surface area contributed by atoms with E-state index < -0.39 is 0 Å². The van der Waals surface area contributed by atoms with Crippen LogP contribution in [-0.2, 0) is 0 Å². The van der Waals surface area contributed by atoms with Crippen LogP contribution < -0.4 is 4.90 Å². The number of benzene rings is 1. The van der Waals surface area contributed by atoms with Gasteiger partial charge in [-0.1, -0.05) is 11.6 Å². The van der Waals surface area contributed by atoms with Crippen LogP contribution in [0.25, 0.3) is 0 Å². The van der Waals surface area contributed by atoms with Gasteiger partial charge in [0.1, 0.15) is 17.7 Å². The quantitative estimate of drug-likeness (QED) is 0.721. The zero-order valence-corrected chi connectivity index (χ0v) is 11.9. The van der Waals surface area contributed by atoms with Gasteiger partial charge in [0.25, 0.3) is 0 Å². The third kappa shape index (κ3) is 2.59. The average molecular weight is 282 g/mol. The van der Waals surface area contributed by atoms with Crippen molar-refractivity contribution >= 4 is 17.3 Å². The first-order chi connectivity index (χ1) is 9.56. The predicted octanol–water partition coefficient (Wildman–Crippen LogP) is 4.31. The molecule has 2 rings (SSSR count). The van der Waals surface area contributed by atoms with Crippen molar-refractivity contribution in [3.63, 3.8) is 0 Å². The number of anilines is 1. The minimum Gasteiger partial charge on any atom is -0.318 e. The highest BCUT2D eigenvalue weighted by atomic mass is 35.5. The highest BCUT2D eigenvalue weighted by molar-refractivity contribution is 6.30. The van der Waals surface area contributed by atoms with Crippen LogP contribution in [0.2, 0.25) is 5.02 Å². The third-order valence-electron chi connectivity index (χ3n) is 3.03. The molecule has 0 fully saturated rings. The largest absolute Gasteiger partial charge is 0.318 e. The SMILES string of the molecule is CC1=CC(=C(C#N)C#N)C=C(C)N1c1ccc(Cl)cc1. The zero-order chi connectivity index (χ0) is 14.7. The Labute approximate surface area is 123 Å². The standard InChI is InChI=1S/C16H12ClN3/c1-11-7-13(14(9-18)10-19)8-12(2)20(11)16-5-3-15(17)4-6-16/h3-8H,1-2H3. The smallest absolute Gasteiger partial charge is 0.137 e. The van der Waals surface area contributed by atoms with E-state index in [-0.39, 0.29) is 5.57 Å². The van der Waals surface area contributed by atoms with Crippen LogP contribution in [0.3, 0.4) is 0 Å². The molecular weight excluding hydrogens is 270 g/mol. The fourth-order valence-electron chi connectivity index (χ4n) is 2.19. The van der Waals surface area contributed by atoms with Gasteiger partial charge < -0.3 is 4.90 Å². The van der Waals surface area contributed by atoms with E-state index in [4.69, 9.17) is 22.1 Å². The highest BCUT2D eigenvalue weighted by Gasteiger charge is 2.17. The van der Waals surface area contributed by atoms with Crippen molar-refractivity contribution in [3.05, 3.63) is 64.0 Å². The molecule has 3 nitrogen and oxygen atoms in total. The Morgan fingerprint density at radius 2 is 1.50 bits per heavy atom. The predicted molar refractivity (Wildman–Crippen MR) is 79.7 cm³/mol. The van der Waals surface area contributed by atoms with Crippen LogP contribution >= 0.6 is 11.6 Å². The molecule has 0 N–H and O–H groups in total. The number of hydrogen-bond acceptors (Lipinski definition) is 3. The second-order valence-corrected chi connectivity index (χ2v) is 4.87. The van der Waals surface area contributed by atoms with Crippen molar-refractivity contribution in [2.24, 2.45) is 0 Å². The number of halogens is 1. The van der Waals surface area contributed by atoms with Gasteiger partial charge in [0.05, 0.1) is 0 Å². The first-order valence-electron chi connectivity index (χ1n) is 6.03. The Morgan fingerprint density at radius 3 is 1.95 bits per heavy atom. The molecule has 0 atom stereocenters. The summed E-state index contributed by atoms with van der Waals surface area (Å²) in [5.74, 6) is 0. The highest BCUT2D eigenvalue weighted by Crippen LogP contribution is 2.30. The lowest BCUT2D eigenvalue weighted by atomic mass is 10.0. The fraction of sp³-hybridized carbons (Fsp3) is 0.125. The third-order valence-corrected chi connectivity index (χ3v) is 3.28. The molecule has 0 saturated heterocycles. The van der Waals surface area contributed by atoms with E-state index in [9.17, 15) is 0 Å². The van der Waals surface area contributed by atoms with Gasteiger partial charge in [0, 0.05) is 27.7 Å². The van der Waals surface area contributed by atoms with Gasteiger partial charge >= 0.3 is 0 Å². The average Bonchev–Trinajstić information content (AvgIpc) is 2.41. The minimum atomic E-state index is 0.124.